The number of carboxylic acids is 1. The Bertz CT molecular complexity index is 365. The highest BCUT2D eigenvalue weighted by atomic mass is 35.5. The van der Waals surface area contributed by atoms with Crippen molar-refractivity contribution in [3.63, 3.8) is 0 Å². The van der Waals surface area contributed by atoms with E-state index in [4.69, 9.17) is 26.2 Å². The molecule has 5 heteroatoms. The minimum Gasteiger partial charge on any atom is -0.489 e. The first-order chi connectivity index (χ1) is 7.66. The lowest BCUT2D eigenvalue weighted by molar-refractivity contribution is 0.0687. The van der Waals surface area contributed by atoms with Gasteiger partial charge >= 0.3 is 5.97 Å². The Morgan fingerprint density at radius 2 is 2.19 bits per heavy atom. The largest absolute Gasteiger partial charge is 0.489 e. The highest BCUT2D eigenvalue weighted by Gasteiger charge is 2.14. The molecule has 0 saturated carbocycles. The van der Waals surface area contributed by atoms with E-state index in [1.54, 1.807) is 12.1 Å². The molecular formula is C11H13ClO4. The number of carboxylic acid groups (broad SMARTS) is 1. The van der Waals surface area contributed by atoms with E-state index in [0.717, 1.165) is 0 Å². The molecule has 0 atom stereocenters. The van der Waals surface area contributed by atoms with Gasteiger partial charge in [0, 0.05) is 6.61 Å². The van der Waals surface area contributed by atoms with Crippen LogP contribution in [-0.2, 0) is 4.74 Å². The molecule has 0 aromatic heterocycles. The van der Waals surface area contributed by atoms with Crippen molar-refractivity contribution in [2.75, 3.05) is 19.8 Å². The third kappa shape index (κ3) is 3.40. The number of rotatable bonds is 6. The maximum Gasteiger partial charge on any atom is 0.339 e. The number of benzene rings is 1. The van der Waals surface area contributed by atoms with Crippen LogP contribution >= 0.6 is 11.6 Å². The standard InChI is InChI=1S/C11H13ClO4/c1-2-15-6-7-16-10-8(11(13)14)4-3-5-9(10)12/h3-5H,2,6-7H2,1H3,(H,13,14). The van der Waals surface area contributed by atoms with E-state index in [1.807, 2.05) is 6.92 Å². The quantitative estimate of drug-likeness (QED) is 0.781. The van der Waals surface area contributed by atoms with Gasteiger partial charge in [0.2, 0.25) is 0 Å². The zero-order valence-electron chi connectivity index (χ0n) is 8.90. The SMILES string of the molecule is CCOCCOc1c(Cl)cccc1C(=O)O. The van der Waals surface area contributed by atoms with E-state index in [-0.39, 0.29) is 22.9 Å². The summed E-state index contributed by atoms with van der Waals surface area (Å²) in [4.78, 5) is 10.9. The molecule has 0 saturated heterocycles. The predicted octanol–water partition coefficient (Wildman–Crippen LogP) is 2.45. The van der Waals surface area contributed by atoms with Crippen LogP contribution in [0.15, 0.2) is 18.2 Å². The fourth-order valence-corrected chi connectivity index (χ4v) is 1.40. The third-order valence-electron chi connectivity index (χ3n) is 1.88. The van der Waals surface area contributed by atoms with Crippen molar-refractivity contribution < 1.29 is 19.4 Å². The Kier molecular flexibility index (Phi) is 5.08. The van der Waals surface area contributed by atoms with Gasteiger partial charge in [0.25, 0.3) is 0 Å². The zero-order valence-corrected chi connectivity index (χ0v) is 9.66. The first-order valence-electron chi connectivity index (χ1n) is 4.89. The summed E-state index contributed by atoms with van der Waals surface area (Å²) in [7, 11) is 0. The molecule has 0 aliphatic heterocycles. The summed E-state index contributed by atoms with van der Waals surface area (Å²) in [5, 5.41) is 9.21. The average Bonchev–Trinajstić information content (AvgIpc) is 2.25. The molecule has 0 aliphatic rings. The van der Waals surface area contributed by atoms with Gasteiger partial charge in [-0.1, -0.05) is 17.7 Å². The van der Waals surface area contributed by atoms with Crippen LogP contribution in [0.25, 0.3) is 0 Å². The Morgan fingerprint density at radius 3 is 2.81 bits per heavy atom. The molecule has 0 spiro atoms. The highest BCUT2D eigenvalue weighted by molar-refractivity contribution is 6.32. The van der Waals surface area contributed by atoms with Crippen LogP contribution in [0.4, 0.5) is 0 Å². The topological polar surface area (TPSA) is 55.8 Å². The third-order valence-corrected chi connectivity index (χ3v) is 2.17. The summed E-state index contributed by atoms with van der Waals surface area (Å²) in [6, 6.07) is 4.61. The van der Waals surface area contributed by atoms with Crippen LogP contribution in [-0.4, -0.2) is 30.9 Å². The van der Waals surface area contributed by atoms with E-state index in [9.17, 15) is 4.79 Å². The first kappa shape index (κ1) is 12.8. The lowest BCUT2D eigenvalue weighted by Gasteiger charge is -2.10. The number of hydrogen-bond donors (Lipinski definition) is 1. The van der Waals surface area contributed by atoms with Crippen LogP contribution < -0.4 is 4.74 Å². The summed E-state index contributed by atoms with van der Waals surface area (Å²) in [6.45, 7) is 3.15. The number of hydrogen-bond acceptors (Lipinski definition) is 3. The molecule has 0 radical (unpaired) electrons. The number of halogens is 1. The molecule has 1 aromatic carbocycles. The van der Waals surface area contributed by atoms with Crippen LogP contribution in [0.5, 0.6) is 5.75 Å². The lowest BCUT2D eigenvalue weighted by Crippen LogP contribution is -2.09. The minimum absolute atomic E-state index is 0.0593. The Labute approximate surface area is 98.7 Å². The maximum absolute atomic E-state index is 10.9. The molecular weight excluding hydrogens is 232 g/mol. The van der Waals surface area contributed by atoms with Crippen molar-refractivity contribution in [2.24, 2.45) is 0 Å². The fraction of sp³-hybridized carbons (Fsp3) is 0.364. The number of para-hydroxylation sites is 1. The van der Waals surface area contributed by atoms with Crippen molar-refractivity contribution in [3.8, 4) is 5.75 Å². The van der Waals surface area contributed by atoms with Crippen molar-refractivity contribution in [1.29, 1.82) is 0 Å². The highest BCUT2D eigenvalue weighted by Crippen LogP contribution is 2.28. The molecule has 4 nitrogen and oxygen atoms in total. The summed E-state index contributed by atoms with van der Waals surface area (Å²) >= 11 is 5.86. The molecule has 0 fully saturated rings. The fourth-order valence-electron chi connectivity index (χ4n) is 1.17. The Balaban J connectivity index is 2.73. The molecule has 0 unspecified atom stereocenters. The number of carbonyl (C=O) groups is 1. The smallest absolute Gasteiger partial charge is 0.339 e. The summed E-state index contributed by atoms with van der Waals surface area (Å²) < 4.78 is 10.4. The van der Waals surface area contributed by atoms with Gasteiger partial charge in [0.05, 0.1) is 11.6 Å². The van der Waals surface area contributed by atoms with Gasteiger partial charge < -0.3 is 14.6 Å². The van der Waals surface area contributed by atoms with Gasteiger partial charge in [-0.3, -0.25) is 0 Å². The molecule has 16 heavy (non-hydrogen) atoms. The van der Waals surface area contributed by atoms with Crippen molar-refractivity contribution in [2.45, 2.75) is 6.92 Å². The van der Waals surface area contributed by atoms with Crippen LogP contribution in [0.3, 0.4) is 0 Å². The Hall–Kier alpha value is -1.26. The van der Waals surface area contributed by atoms with Crippen LogP contribution in [0.2, 0.25) is 5.02 Å². The van der Waals surface area contributed by atoms with Gasteiger partial charge in [0.1, 0.15) is 12.2 Å². The van der Waals surface area contributed by atoms with Gasteiger partial charge in [-0.05, 0) is 19.1 Å². The average molecular weight is 245 g/mol. The summed E-state index contributed by atoms with van der Waals surface area (Å²) in [5.41, 5.74) is 0.0593. The molecule has 0 amide bonds. The molecule has 88 valence electrons. The van der Waals surface area contributed by atoms with E-state index in [2.05, 4.69) is 0 Å². The van der Waals surface area contributed by atoms with Crippen molar-refractivity contribution in [1.82, 2.24) is 0 Å². The van der Waals surface area contributed by atoms with Gasteiger partial charge in [0.15, 0.2) is 5.75 Å². The Morgan fingerprint density at radius 1 is 1.44 bits per heavy atom. The molecule has 1 rings (SSSR count). The molecule has 1 N–H and O–H groups in total. The van der Waals surface area contributed by atoms with Gasteiger partial charge in [-0.25, -0.2) is 4.79 Å². The summed E-state index contributed by atoms with van der Waals surface area (Å²) in [6.07, 6.45) is 0. The van der Waals surface area contributed by atoms with Crippen molar-refractivity contribution >= 4 is 17.6 Å². The first-order valence-corrected chi connectivity index (χ1v) is 5.27. The van der Waals surface area contributed by atoms with Crippen LogP contribution in [0, 0.1) is 0 Å². The normalized spacial score (nSPS) is 10.1. The second-order valence-corrected chi connectivity index (χ2v) is 3.37. The minimum atomic E-state index is -1.06. The van der Waals surface area contributed by atoms with Gasteiger partial charge in [-0.2, -0.15) is 0 Å². The predicted molar refractivity (Wildman–Crippen MR) is 60.4 cm³/mol. The second-order valence-electron chi connectivity index (χ2n) is 2.97. The van der Waals surface area contributed by atoms with E-state index < -0.39 is 5.97 Å². The lowest BCUT2D eigenvalue weighted by atomic mass is 10.2. The number of ether oxygens (including phenoxy) is 2. The van der Waals surface area contributed by atoms with Crippen molar-refractivity contribution in [3.05, 3.63) is 28.8 Å². The van der Waals surface area contributed by atoms with E-state index in [1.165, 1.54) is 6.07 Å². The molecule has 0 heterocycles. The summed E-state index contributed by atoms with van der Waals surface area (Å²) in [5.74, 6) is -0.870. The monoisotopic (exact) mass is 244 g/mol. The second kappa shape index (κ2) is 6.35. The number of aromatic carboxylic acids is 1. The maximum atomic E-state index is 10.9. The molecule has 0 aliphatic carbocycles. The van der Waals surface area contributed by atoms with Crippen LogP contribution in [0.1, 0.15) is 17.3 Å². The van der Waals surface area contributed by atoms with E-state index >= 15 is 0 Å². The van der Waals surface area contributed by atoms with E-state index in [0.29, 0.717) is 13.2 Å². The molecule has 1 aromatic rings. The zero-order chi connectivity index (χ0) is 12.0. The molecule has 0 bridgehead atoms. The van der Waals surface area contributed by atoms with Gasteiger partial charge in [-0.15, -0.1) is 0 Å².